The van der Waals surface area contributed by atoms with Crippen molar-refractivity contribution in [2.24, 2.45) is 7.05 Å². The molecule has 0 bridgehead atoms. The number of hydrogen-bond acceptors (Lipinski definition) is 9. The molecule has 0 saturated carbocycles. The predicted molar refractivity (Wildman–Crippen MR) is 133 cm³/mol. The Labute approximate surface area is 209 Å². The summed E-state index contributed by atoms with van der Waals surface area (Å²) in [5.74, 6) is -0.203. The van der Waals surface area contributed by atoms with E-state index in [-0.39, 0.29) is 30.9 Å². The average Bonchev–Trinajstić information content (AvgIpc) is 3.59. The van der Waals surface area contributed by atoms with Gasteiger partial charge in [0.05, 0.1) is 28.8 Å². The van der Waals surface area contributed by atoms with Crippen molar-refractivity contribution in [2.45, 2.75) is 50.1 Å². The third-order valence-corrected chi connectivity index (χ3v) is 8.58. The summed E-state index contributed by atoms with van der Waals surface area (Å²) in [4.78, 5) is 39.4. The summed E-state index contributed by atoms with van der Waals surface area (Å²) < 4.78 is 6.99. The van der Waals surface area contributed by atoms with Crippen molar-refractivity contribution < 1.29 is 19.1 Å². The number of amides is 2. The zero-order chi connectivity index (χ0) is 24.2. The lowest BCUT2D eigenvalue weighted by Crippen LogP contribution is -2.24. The second-order valence-electron chi connectivity index (χ2n) is 7.65. The second kappa shape index (κ2) is 10.7. The van der Waals surface area contributed by atoms with Gasteiger partial charge in [0, 0.05) is 11.9 Å². The lowest BCUT2D eigenvalue weighted by molar-refractivity contribution is -0.115. The molecular formula is C22H25N5O4S3. The van der Waals surface area contributed by atoms with Gasteiger partial charge in [-0.05, 0) is 50.1 Å². The zero-order valence-corrected chi connectivity index (χ0v) is 21.5. The van der Waals surface area contributed by atoms with Crippen molar-refractivity contribution in [1.82, 2.24) is 20.1 Å². The minimum absolute atomic E-state index is 0.166. The summed E-state index contributed by atoms with van der Waals surface area (Å²) in [6.45, 7) is 4.05. The number of esters is 1. The van der Waals surface area contributed by atoms with Crippen molar-refractivity contribution in [3.8, 4) is 0 Å². The number of aromatic nitrogens is 3. The van der Waals surface area contributed by atoms with Crippen LogP contribution >= 0.6 is 34.4 Å². The van der Waals surface area contributed by atoms with Gasteiger partial charge in [-0.3, -0.25) is 9.59 Å². The minimum Gasteiger partial charge on any atom is -0.462 e. The van der Waals surface area contributed by atoms with E-state index in [0.717, 1.165) is 29.7 Å². The highest BCUT2D eigenvalue weighted by Crippen LogP contribution is 2.40. The number of carbonyl (C=O) groups excluding carboxylic acids is 3. The van der Waals surface area contributed by atoms with E-state index in [1.165, 1.54) is 34.4 Å². The number of rotatable bonds is 9. The first-order chi connectivity index (χ1) is 16.4. The molecule has 0 radical (unpaired) electrons. The van der Waals surface area contributed by atoms with E-state index in [1.54, 1.807) is 31.5 Å². The standard InChI is InChI=1S/C22H25N5O4S3/c1-4-31-21(30)17-13-7-5-8-14(13)34-20(17)24-18(28)12(2)33-22-26-25-16(27(22)3)11-23-19(29)15-9-6-10-32-15/h6,9-10,12H,4-5,7-8,11H2,1-3H3,(H,23,29)(H,24,28)/t12-/m1/s1. The number of fused-ring (bicyclic) bond motifs is 1. The van der Waals surface area contributed by atoms with Gasteiger partial charge in [0.1, 0.15) is 5.00 Å². The fraction of sp³-hybridized carbons (Fsp3) is 0.409. The molecule has 1 aliphatic rings. The fourth-order valence-electron chi connectivity index (χ4n) is 3.59. The van der Waals surface area contributed by atoms with Gasteiger partial charge >= 0.3 is 5.97 Å². The van der Waals surface area contributed by atoms with Crippen LogP contribution < -0.4 is 10.6 Å². The topological polar surface area (TPSA) is 115 Å². The van der Waals surface area contributed by atoms with Crippen LogP contribution in [0.1, 0.15) is 56.6 Å². The predicted octanol–water partition coefficient (Wildman–Crippen LogP) is 3.65. The van der Waals surface area contributed by atoms with Crippen molar-refractivity contribution >= 4 is 57.2 Å². The number of carbonyl (C=O) groups is 3. The van der Waals surface area contributed by atoms with Crippen LogP contribution in [0.2, 0.25) is 0 Å². The molecule has 0 aromatic carbocycles. The quantitative estimate of drug-likeness (QED) is 0.327. The Kier molecular flexibility index (Phi) is 7.69. The molecule has 0 unspecified atom stereocenters. The molecule has 34 heavy (non-hydrogen) atoms. The van der Waals surface area contributed by atoms with Gasteiger partial charge in [0.25, 0.3) is 5.91 Å². The summed E-state index contributed by atoms with van der Waals surface area (Å²) in [7, 11) is 1.79. The Morgan fingerprint density at radius 1 is 1.29 bits per heavy atom. The summed E-state index contributed by atoms with van der Waals surface area (Å²) in [6.07, 6.45) is 2.75. The molecule has 0 aliphatic heterocycles. The molecule has 0 spiro atoms. The highest BCUT2D eigenvalue weighted by atomic mass is 32.2. The molecule has 0 fully saturated rings. The monoisotopic (exact) mass is 519 g/mol. The molecule has 1 atom stereocenters. The Bertz CT molecular complexity index is 1200. The molecule has 2 N–H and O–H groups in total. The molecule has 3 heterocycles. The molecule has 0 saturated heterocycles. The molecule has 1 aliphatic carbocycles. The smallest absolute Gasteiger partial charge is 0.341 e. The van der Waals surface area contributed by atoms with Crippen LogP contribution in [0, 0.1) is 0 Å². The van der Waals surface area contributed by atoms with Crippen LogP contribution in [-0.4, -0.2) is 44.4 Å². The van der Waals surface area contributed by atoms with Gasteiger partial charge in [-0.2, -0.15) is 0 Å². The summed E-state index contributed by atoms with van der Waals surface area (Å²) in [5, 5.41) is 16.5. The summed E-state index contributed by atoms with van der Waals surface area (Å²) in [5.41, 5.74) is 1.49. The first kappa shape index (κ1) is 24.4. The fourth-order valence-corrected chi connectivity index (χ4v) is 6.35. The maximum atomic E-state index is 13.0. The summed E-state index contributed by atoms with van der Waals surface area (Å²) >= 11 is 4.09. The highest BCUT2D eigenvalue weighted by Gasteiger charge is 2.29. The third kappa shape index (κ3) is 5.18. The first-order valence-electron chi connectivity index (χ1n) is 10.9. The summed E-state index contributed by atoms with van der Waals surface area (Å²) in [6, 6.07) is 3.58. The van der Waals surface area contributed by atoms with Gasteiger partial charge in [-0.25, -0.2) is 4.79 Å². The number of hydrogen-bond donors (Lipinski definition) is 2. The zero-order valence-electron chi connectivity index (χ0n) is 19.0. The lowest BCUT2D eigenvalue weighted by Gasteiger charge is -2.12. The lowest BCUT2D eigenvalue weighted by atomic mass is 10.1. The molecule has 180 valence electrons. The molecule has 12 heteroatoms. The number of nitrogens with zero attached hydrogens (tertiary/aromatic N) is 3. The van der Waals surface area contributed by atoms with Gasteiger partial charge < -0.3 is 19.9 Å². The normalized spacial score (nSPS) is 13.4. The van der Waals surface area contributed by atoms with Gasteiger partial charge in [-0.1, -0.05) is 17.8 Å². The molecule has 3 aromatic rings. The Morgan fingerprint density at radius 3 is 2.85 bits per heavy atom. The maximum Gasteiger partial charge on any atom is 0.341 e. The Morgan fingerprint density at radius 2 is 2.12 bits per heavy atom. The van der Waals surface area contributed by atoms with E-state index in [0.29, 0.717) is 26.4 Å². The van der Waals surface area contributed by atoms with Crippen LogP contribution in [-0.2, 0) is 36.0 Å². The number of thioether (sulfide) groups is 1. The number of nitrogens with one attached hydrogen (secondary N) is 2. The van der Waals surface area contributed by atoms with E-state index >= 15 is 0 Å². The van der Waals surface area contributed by atoms with E-state index in [9.17, 15) is 14.4 Å². The maximum absolute atomic E-state index is 13.0. The number of aryl methyl sites for hydroxylation is 1. The molecule has 4 rings (SSSR count). The van der Waals surface area contributed by atoms with Crippen molar-refractivity contribution in [3.63, 3.8) is 0 Å². The Hall–Kier alpha value is -2.70. The Balaban J connectivity index is 1.39. The van der Waals surface area contributed by atoms with Gasteiger partial charge in [0.2, 0.25) is 5.91 Å². The van der Waals surface area contributed by atoms with E-state index < -0.39 is 5.25 Å². The average molecular weight is 520 g/mol. The van der Waals surface area contributed by atoms with Crippen LogP contribution in [0.25, 0.3) is 0 Å². The molecule has 9 nitrogen and oxygen atoms in total. The highest BCUT2D eigenvalue weighted by molar-refractivity contribution is 8.00. The van der Waals surface area contributed by atoms with E-state index in [2.05, 4.69) is 20.8 Å². The van der Waals surface area contributed by atoms with E-state index in [1.807, 2.05) is 11.4 Å². The van der Waals surface area contributed by atoms with Crippen LogP contribution in [0.4, 0.5) is 5.00 Å². The van der Waals surface area contributed by atoms with Gasteiger partial charge in [0.15, 0.2) is 11.0 Å². The van der Waals surface area contributed by atoms with Crippen LogP contribution in [0.5, 0.6) is 0 Å². The van der Waals surface area contributed by atoms with Crippen LogP contribution in [0.3, 0.4) is 0 Å². The molecular weight excluding hydrogens is 494 g/mol. The van der Waals surface area contributed by atoms with Crippen molar-refractivity contribution in [3.05, 3.63) is 44.2 Å². The number of ether oxygens (including phenoxy) is 1. The van der Waals surface area contributed by atoms with Crippen molar-refractivity contribution in [2.75, 3.05) is 11.9 Å². The third-order valence-electron chi connectivity index (χ3n) is 5.37. The SMILES string of the molecule is CCOC(=O)c1c(NC(=O)[C@@H](C)Sc2nnc(CNC(=O)c3cccs3)n2C)sc2c1CCC2. The number of anilines is 1. The molecule has 3 aromatic heterocycles. The number of thiophene rings is 2. The van der Waals surface area contributed by atoms with Crippen molar-refractivity contribution in [1.29, 1.82) is 0 Å². The second-order valence-corrected chi connectivity index (χ2v) is 11.0. The first-order valence-corrected chi connectivity index (χ1v) is 13.5. The van der Waals surface area contributed by atoms with Crippen LogP contribution in [0.15, 0.2) is 22.7 Å². The van der Waals surface area contributed by atoms with E-state index in [4.69, 9.17) is 4.74 Å². The molecule has 2 amide bonds. The van der Waals surface area contributed by atoms with Gasteiger partial charge in [-0.15, -0.1) is 32.9 Å². The largest absolute Gasteiger partial charge is 0.462 e. The minimum atomic E-state index is -0.483.